The number of hydrogen-bond donors (Lipinski definition) is 1. The molecule has 1 aliphatic rings. The Balaban J connectivity index is 2.21. The Morgan fingerprint density at radius 3 is 2.44 bits per heavy atom. The average Bonchev–Trinajstić information content (AvgIpc) is 2.78. The zero-order valence-electron chi connectivity index (χ0n) is 18.7. The summed E-state index contributed by atoms with van der Waals surface area (Å²) in [6, 6.07) is 14.8. The molecule has 1 amide bonds. The summed E-state index contributed by atoms with van der Waals surface area (Å²) in [5.74, 6) is -0.586. The summed E-state index contributed by atoms with van der Waals surface area (Å²) in [5, 5.41) is 1.25. The smallest absolute Gasteiger partial charge is 0.306 e. The van der Waals surface area contributed by atoms with Gasteiger partial charge in [-0.25, -0.2) is 0 Å². The molecule has 0 aromatic heterocycles. The summed E-state index contributed by atoms with van der Waals surface area (Å²) in [7, 11) is 1.34. The first kappa shape index (κ1) is 24.6. The normalized spacial score (nSPS) is 24.3. The van der Waals surface area contributed by atoms with Gasteiger partial charge in [-0.1, -0.05) is 61.3 Å². The van der Waals surface area contributed by atoms with E-state index in [-0.39, 0.29) is 30.3 Å². The first-order valence-corrected chi connectivity index (χ1v) is 11.6. The highest BCUT2D eigenvalue weighted by Gasteiger charge is 2.52. The Bertz CT molecular complexity index is 962. The number of rotatable bonds is 7. The summed E-state index contributed by atoms with van der Waals surface area (Å²) in [6.45, 7) is 4.19. The molecule has 2 aromatic rings. The quantitative estimate of drug-likeness (QED) is 0.546. The summed E-state index contributed by atoms with van der Waals surface area (Å²) in [4.78, 5) is 28.1. The molecule has 0 saturated carbocycles. The summed E-state index contributed by atoms with van der Waals surface area (Å²) < 4.78 is 4.93. The van der Waals surface area contributed by atoms with Crippen LogP contribution in [0.3, 0.4) is 0 Å². The van der Waals surface area contributed by atoms with Crippen LogP contribution in [0.2, 0.25) is 10.0 Å². The number of hydrogen-bond acceptors (Lipinski definition) is 4. The lowest BCUT2D eigenvalue weighted by Gasteiger charge is -2.51. The number of methoxy groups -OCH3 is 1. The largest absolute Gasteiger partial charge is 0.469 e. The second-order valence-electron chi connectivity index (χ2n) is 8.69. The molecule has 1 heterocycles. The van der Waals surface area contributed by atoms with Crippen molar-refractivity contribution in [3.05, 3.63) is 69.7 Å². The highest BCUT2D eigenvalue weighted by Crippen LogP contribution is 2.52. The Morgan fingerprint density at radius 2 is 1.88 bits per heavy atom. The predicted octanol–water partition coefficient (Wildman–Crippen LogP) is 5.36. The molecular weight excluding hydrogens is 447 g/mol. The maximum Gasteiger partial charge on any atom is 0.306 e. The second kappa shape index (κ2) is 10.2. The van der Waals surface area contributed by atoms with Crippen molar-refractivity contribution in [3.8, 4) is 0 Å². The number of likely N-dealkylation sites (tertiary alicyclic amines) is 1. The lowest BCUT2D eigenvalue weighted by atomic mass is 9.67. The fourth-order valence-corrected chi connectivity index (χ4v) is 5.14. The van der Waals surface area contributed by atoms with Crippen LogP contribution in [0.4, 0.5) is 0 Å². The van der Waals surface area contributed by atoms with Gasteiger partial charge in [0.15, 0.2) is 0 Å². The molecule has 0 aliphatic carbocycles. The highest BCUT2D eigenvalue weighted by atomic mass is 35.5. The number of amides is 1. The van der Waals surface area contributed by atoms with Gasteiger partial charge in [0.25, 0.3) is 0 Å². The number of nitrogens with two attached hydrogens (primary N) is 1. The van der Waals surface area contributed by atoms with Crippen molar-refractivity contribution in [1.82, 2.24) is 4.90 Å². The maximum atomic E-state index is 14.0. The van der Waals surface area contributed by atoms with E-state index >= 15 is 0 Å². The molecule has 2 aromatic carbocycles. The molecule has 0 spiro atoms. The lowest BCUT2D eigenvalue weighted by Crippen LogP contribution is -2.57. The number of carbonyl (C=O) groups excluding carboxylic acids is 2. The molecule has 5 nitrogen and oxygen atoms in total. The highest BCUT2D eigenvalue weighted by molar-refractivity contribution is 6.30. The van der Waals surface area contributed by atoms with E-state index in [4.69, 9.17) is 33.7 Å². The van der Waals surface area contributed by atoms with Crippen molar-refractivity contribution >= 4 is 35.1 Å². The second-order valence-corrected chi connectivity index (χ2v) is 9.56. The van der Waals surface area contributed by atoms with E-state index in [0.717, 1.165) is 11.1 Å². The maximum absolute atomic E-state index is 14.0. The molecule has 3 rings (SSSR count). The molecule has 1 saturated heterocycles. The fraction of sp³-hybridized carbons (Fsp3) is 0.440. The molecule has 1 fully saturated rings. The van der Waals surface area contributed by atoms with Gasteiger partial charge in [0.2, 0.25) is 5.91 Å². The third-order valence-corrected chi connectivity index (χ3v) is 6.98. The van der Waals surface area contributed by atoms with Crippen LogP contribution in [-0.2, 0) is 14.3 Å². The minimum atomic E-state index is -0.925. The van der Waals surface area contributed by atoms with Crippen LogP contribution in [0.5, 0.6) is 0 Å². The third kappa shape index (κ3) is 4.95. The van der Waals surface area contributed by atoms with Gasteiger partial charge in [0.1, 0.15) is 0 Å². The van der Waals surface area contributed by atoms with E-state index in [2.05, 4.69) is 0 Å². The molecule has 2 N–H and O–H groups in total. The number of piperidine rings is 1. The standard InChI is InChI=1S/C25H30Cl2N2O3/c1-4-20(15-28)29-23(16-8-10-18(26)11-9-16)21(17-6-5-7-19(27)12-17)13-25(2,24(29)31)14-22(30)32-3/h5-12,20-21,23H,4,13-15,28H2,1-3H3/t20-,21?,23+,25+/m0/s1. The lowest BCUT2D eigenvalue weighted by molar-refractivity contribution is -0.161. The number of halogens is 2. The number of carbonyl (C=O) groups is 2. The van der Waals surface area contributed by atoms with Crippen molar-refractivity contribution < 1.29 is 14.3 Å². The number of ether oxygens (including phenoxy) is 1. The van der Waals surface area contributed by atoms with E-state index in [1.165, 1.54) is 7.11 Å². The molecule has 0 bridgehead atoms. The van der Waals surface area contributed by atoms with Crippen molar-refractivity contribution in [1.29, 1.82) is 0 Å². The van der Waals surface area contributed by atoms with Gasteiger partial charge in [-0.05, 0) is 48.2 Å². The van der Waals surface area contributed by atoms with Gasteiger partial charge in [-0.3, -0.25) is 9.59 Å². The first-order chi connectivity index (χ1) is 15.2. The summed E-state index contributed by atoms with van der Waals surface area (Å²) in [6.07, 6.45) is 1.18. The van der Waals surface area contributed by atoms with E-state index in [1.54, 1.807) is 0 Å². The van der Waals surface area contributed by atoms with Gasteiger partial charge in [-0.2, -0.15) is 0 Å². The van der Waals surface area contributed by atoms with Gasteiger partial charge < -0.3 is 15.4 Å². The monoisotopic (exact) mass is 476 g/mol. The molecule has 4 atom stereocenters. The molecule has 172 valence electrons. The van der Waals surface area contributed by atoms with Crippen molar-refractivity contribution in [2.75, 3.05) is 13.7 Å². The van der Waals surface area contributed by atoms with E-state index in [1.807, 2.05) is 67.3 Å². The molecular formula is C25H30Cl2N2O3. The van der Waals surface area contributed by atoms with E-state index in [9.17, 15) is 9.59 Å². The van der Waals surface area contributed by atoms with Crippen LogP contribution in [0.25, 0.3) is 0 Å². The Labute approximate surface area is 199 Å². The number of nitrogens with zero attached hydrogens (tertiary/aromatic N) is 1. The van der Waals surface area contributed by atoms with Gasteiger partial charge in [0.05, 0.1) is 25.0 Å². The molecule has 1 unspecified atom stereocenters. The molecule has 1 aliphatic heterocycles. The zero-order chi connectivity index (χ0) is 23.5. The topological polar surface area (TPSA) is 72.6 Å². The van der Waals surface area contributed by atoms with E-state index in [0.29, 0.717) is 29.4 Å². The van der Waals surface area contributed by atoms with Crippen molar-refractivity contribution in [3.63, 3.8) is 0 Å². The van der Waals surface area contributed by atoms with Gasteiger partial charge in [-0.15, -0.1) is 0 Å². The van der Waals surface area contributed by atoms with Gasteiger partial charge >= 0.3 is 5.97 Å². The molecule has 0 radical (unpaired) electrons. The van der Waals surface area contributed by atoms with Crippen molar-refractivity contribution in [2.24, 2.45) is 11.1 Å². The van der Waals surface area contributed by atoms with Crippen LogP contribution in [-0.4, -0.2) is 36.5 Å². The van der Waals surface area contributed by atoms with Gasteiger partial charge in [0, 0.05) is 28.5 Å². The average molecular weight is 477 g/mol. The van der Waals surface area contributed by atoms with Crippen LogP contribution in [0.15, 0.2) is 48.5 Å². The fourth-order valence-electron chi connectivity index (χ4n) is 4.81. The Hall–Kier alpha value is -2.08. The first-order valence-electron chi connectivity index (χ1n) is 10.8. The zero-order valence-corrected chi connectivity index (χ0v) is 20.2. The van der Waals surface area contributed by atoms with Crippen molar-refractivity contribution in [2.45, 2.75) is 51.1 Å². The molecule has 32 heavy (non-hydrogen) atoms. The third-order valence-electron chi connectivity index (χ3n) is 6.49. The minimum Gasteiger partial charge on any atom is -0.469 e. The Morgan fingerprint density at radius 1 is 1.19 bits per heavy atom. The van der Waals surface area contributed by atoms with Crippen LogP contribution in [0, 0.1) is 5.41 Å². The Kier molecular flexibility index (Phi) is 7.86. The summed E-state index contributed by atoms with van der Waals surface area (Å²) >= 11 is 12.5. The van der Waals surface area contributed by atoms with Crippen LogP contribution >= 0.6 is 23.2 Å². The van der Waals surface area contributed by atoms with Crippen LogP contribution < -0.4 is 5.73 Å². The SMILES string of the molecule is CC[C@@H](CN)N1C(=O)[C@@](C)(CC(=O)OC)CC(c2cccc(Cl)c2)[C@H]1c1ccc(Cl)cc1. The summed E-state index contributed by atoms with van der Waals surface area (Å²) in [5.41, 5.74) is 7.20. The number of esters is 1. The molecule has 7 heteroatoms. The van der Waals surface area contributed by atoms with E-state index < -0.39 is 11.4 Å². The minimum absolute atomic E-state index is 0.00421. The predicted molar refractivity (Wildman–Crippen MR) is 128 cm³/mol. The van der Waals surface area contributed by atoms with Crippen LogP contribution in [0.1, 0.15) is 56.2 Å². The number of benzene rings is 2.